The number of anilines is 1. The van der Waals surface area contributed by atoms with Gasteiger partial charge in [-0.2, -0.15) is 0 Å². The minimum absolute atomic E-state index is 0.0912. The normalized spacial score (nSPS) is 16.2. The van der Waals surface area contributed by atoms with Crippen LogP contribution in [0.4, 0.5) is 5.69 Å². The molecular formula is C24H31N3O3. The highest BCUT2D eigenvalue weighted by Gasteiger charge is 2.23. The van der Waals surface area contributed by atoms with Crippen LogP contribution in [0.25, 0.3) is 0 Å². The van der Waals surface area contributed by atoms with Crippen LogP contribution in [0.1, 0.15) is 71.7 Å². The summed E-state index contributed by atoms with van der Waals surface area (Å²) in [5, 5.41) is 9.51. The highest BCUT2D eigenvalue weighted by Crippen LogP contribution is 2.27. The van der Waals surface area contributed by atoms with Crippen molar-refractivity contribution in [3.05, 3.63) is 59.4 Å². The summed E-state index contributed by atoms with van der Waals surface area (Å²) in [7, 11) is 0. The number of benzene rings is 1. The lowest BCUT2D eigenvalue weighted by Gasteiger charge is -2.29. The number of pyridine rings is 1. The quantitative estimate of drug-likeness (QED) is 0.799. The van der Waals surface area contributed by atoms with Gasteiger partial charge in [0.2, 0.25) is 0 Å². The first-order valence-corrected chi connectivity index (χ1v) is 10.9. The highest BCUT2D eigenvalue weighted by atomic mass is 16.4. The van der Waals surface area contributed by atoms with Crippen LogP contribution in [-0.4, -0.2) is 46.5 Å². The van der Waals surface area contributed by atoms with Crippen LogP contribution in [0, 0.1) is 0 Å². The van der Waals surface area contributed by atoms with E-state index in [1.807, 2.05) is 4.90 Å². The Balaban J connectivity index is 2.03. The van der Waals surface area contributed by atoms with E-state index in [1.54, 1.807) is 42.7 Å². The first-order valence-electron chi connectivity index (χ1n) is 10.9. The van der Waals surface area contributed by atoms with Crippen LogP contribution in [0.5, 0.6) is 0 Å². The minimum Gasteiger partial charge on any atom is -0.478 e. The van der Waals surface area contributed by atoms with Gasteiger partial charge in [-0.3, -0.25) is 14.7 Å². The van der Waals surface area contributed by atoms with E-state index in [-0.39, 0.29) is 11.5 Å². The molecule has 160 valence electrons. The van der Waals surface area contributed by atoms with Gasteiger partial charge in [-0.15, -0.1) is 0 Å². The molecule has 0 atom stereocenters. The van der Waals surface area contributed by atoms with E-state index in [2.05, 4.69) is 16.8 Å². The van der Waals surface area contributed by atoms with Crippen LogP contribution < -0.4 is 4.90 Å². The molecule has 6 heteroatoms. The number of hydrogen-bond acceptors (Lipinski definition) is 4. The van der Waals surface area contributed by atoms with Gasteiger partial charge in [-0.05, 0) is 68.2 Å². The SMILES string of the molecule is CCCN1CCCCCCCN(C(=O)c2cccnc2)c2ccc(C(=O)O)cc2C1. The first-order chi connectivity index (χ1) is 14.6. The predicted molar refractivity (Wildman–Crippen MR) is 118 cm³/mol. The van der Waals surface area contributed by atoms with E-state index in [0.717, 1.165) is 50.0 Å². The number of carboxylic acid groups (broad SMARTS) is 1. The first kappa shape index (κ1) is 22.0. The molecule has 1 aromatic heterocycles. The fraction of sp³-hybridized carbons (Fsp3) is 0.458. The maximum atomic E-state index is 13.4. The number of carboxylic acids is 1. The summed E-state index contributed by atoms with van der Waals surface area (Å²) in [6.07, 6.45) is 9.77. The number of hydrogen-bond donors (Lipinski definition) is 1. The Bertz CT molecular complexity index is 854. The van der Waals surface area contributed by atoms with E-state index in [1.165, 1.54) is 12.8 Å². The Hall–Kier alpha value is -2.73. The Morgan fingerprint density at radius 1 is 1.03 bits per heavy atom. The summed E-state index contributed by atoms with van der Waals surface area (Å²) in [6, 6.07) is 8.67. The van der Waals surface area contributed by atoms with Gasteiger partial charge in [-0.1, -0.05) is 26.2 Å². The number of amides is 1. The molecule has 0 unspecified atom stereocenters. The molecule has 0 aliphatic carbocycles. The van der Waals surface area contributed by atoms with Crippen molar-refractivity contribution in [1.29, 1.82) is 0 Å². The number of fused-ring (bicyclic) bond motifs is 1. The van der Waals surface area contributed by atoms with Crippen LogP contribution in [0.3, 0.4) is 0 Å². The molecule has 0 bridgehead atoms. The van der Waals surface area contributed by atoms with Crippen LogP contribution >= 0.6 is 0 Å². The summed E-state index contributed by atoms with van der Waals surface area (Å²) in [6.45, 7) is 5.35. The van der Waals surface area contributed by atoms with Gasteiger partial charge in [0.05, 0.1) is 11.1 Å². The van der Waals surface area contributed by atoms with Crippen molar-refractivity contribution in [2.24, 2.45) is 0 Å². The Morgan fingerprint density at radius 2 is 1.80 bits per heavy atom. The lowest BCUT2D eigenvalue weighted by Crippen LogP contribution is -2.34. The minimum atomic E-state index is -0.948. The average Bonchev–Trinajstić information content (AvgIpc) is 2.75. The second kappa shape index (κ2) is 10.9. The molecule has 1 N–H and O–H groups in total. The highest BCUT2D eigenvalue weighted by molar-refractivity contribution is 6.06. The lowest BCUT2D eigenvalue weighted by molar-refractivity contribution is 0.0696. The molecule has 0 spiro atoms. The average molecular weight is 410 g/mol. The molecule has 6 nitrogen and oxygen atoms in total. The number of aromatic nitrogens is 1. The monoisotopic (exact) mass is 409 g/mol. The fourth-order valence-corrected chi connectivity index (χ4v) is 4.05. The lowest BCUT2D eigenvalue weighted by atomic mass is 10.0. The number of carbonyl (C=O) groups excluding carboxylic acids is 1. The Morgan fingerprint density at radius 3 is 2.50 bits per heavy atom. The van der Waals surface area contributed by atoms with Crippen LogP contribution in [0.15, 0.2) is 42.7 Å². The van der Waals surface area contributed by atoms with Crippen molar-refractivity contribution in [3.8, 4) is 0 Å². The second-order valence-electron chi connectivity index (χ2n) is 7.89. The molecular weight excluding hydrogens is 378 g/mol. The van der Waals surface area contributed by atoms with Crippen molar-refractivity contribution in [2.75, 3.05) is 24.5 Å². The Labute approximate surface area is 178 Å². The maximum absolute atomic E-state index is 13.4. The molecule has 2 aromatic rings. The number of carbonyl (C=O) groups is 2. The summed E-state index contributed by atoms with van der Waals surface area (Å²) in [4.78, 5) is 33.2. The topological polar surface area (TPSA) is 73.7 Å². The zero-order valence-electron chi connectivity index (χ0n) is 17.7. The van der Waals surface area contributed by atoms with Crippen LogP contribution in [-0.2, 0) is 6.54 Å². The van der Waals surface area contributed by atoms with E-state index < -0.39 is 5.97 Å². The number of rotatable bonds is 4. The van der Waals surface area contributed by atoms with Gasteiger partial charge in [0.1, 0.15) is 0 Å². The third-order valence-electron chi connectivity index (χ3n) is 5.56. The third kappa shape index (κ3) is 5.66. The molecule has 0 radical (unpaired) electrons. The Kier molecular flexibility index (Phi) is 7.97. The van der Waals surface area contributed by atoms with Gasteiger partial charge < -0.3 is 10.0 Å². The van der Waals surface area contributed by atoms with Crippen LogP contribution in [0.2, 0.25) is 0 Å². The maximum Gasteiger partial charge on any atom is 0.335 e. The van der Waals surface area contributed by atoms with E-state index in [4.69, 9.17) is 0 Å². The van der Waals surface area contributed by atoms with Crippen molar-refractivity contribution in [2.45, 2.75) is 52.0 Å². The third-order valence-corrected chi connectivity index (χ3v) is 5.56. The fourth-order valence-electron chi connectivity index (χ4n) is 4.05. The van der Waals surface area contributed by atoms with Gasteiger partial charge in [0.15, 0.2) is 0 Å². The van der Waals surface area contributed by atoms with Gasteiger partial charge >= 0.3 is 5.97 Å². The number of nitrogens with zero attached hydrogens (tertiary/aromatic N) is 3. The molecule has 0 saturated carbocycles. The second-order valence-corrected chi connectivity index (χ2v) is 7.89. The molecule has 30 heavy (non-hydrogen) atoms. The summed E-state index contributed by atoms with van der Waals surface area (Å²) >= 11 is 0. The van der Waals surface area contributed by atoms with E-state index in [0.29, 0.717) is 18.7 Å². The summed E-state index contributed by atoms with van der Waals surface area (Å²) < 4.78 is 0. The molecule has 2 heterocycles. The standard InChI is InChI=1S/C24H31N3O3/c1-2-13-26-14-6-4-3-5-7-15-27(23(28)20-9-8-12-25-17-20)22-11-10-19(24(29)30)16-21(22)18-26/h8-12,16-17H,2-7,13-15,18H2,1H3,(H,29,30). The van der Waals surface area contributed by atoms with Crippen molar-refractivity contribution < 1.29 is 14.7 Å². The molecule has 0 saturated heterocycles. The van der Waals surface area contributed by atoms with Crippen molar-refractivity contribution in [3.63, 3.8) is 0 Å². The summed E-state index contributed by atoms with van der Waals surface area (Å²) in [5.41, 5.74) is 2.49. The molecule has 1 aliphatic heterocycles. The molecule has 1 aromatic carbocycles. The predicted octanol–water partition coefficient (Wildman–Crippen LogP) is 4.60. The smallest absolute Gasteiger partial charge is 0.335 e. The summed E-state index contributed by atoms with van der Waals surface area (Å²) in [5.74, 6) is -1.04. The zero-order valence-corrected chi connectivity index (χ0v) is 17.7. The largest absolute Gasteiger partial charge is 0.478 e. The van der Waals surface area contributed by atoms with Gasteiger partial charge in [0, 0.05) is 31.2 Å². The van der Waals surface area contributed by atoms with Crippen molar-refractivity contribution in [1.82, 2.24) is 9.88 Å². The van der Waals surface area contributed by atoms with Gasteiger partial charge in [0.25, 0.3) is 5.91 Å². The molecule has 1 aliphatic rings. The van der Waals surface area contributed by atoms with E-state index >= 15 is 0 Å². The van der Waals surface area contributed by atoms with Crippen molar-refractivity contribution >= 4 is 17.6 Å². The molecule has 1 amide bonds. The zero-order chi connectivity index (χ0) is 21.3. The van der Waals surface area contributed by atoms with E-state index in [9.17, 15) is 14.7 Å². The number of aromatic carboxylic acids is 1. The van der Waals surface area contributed by atoms with Gasteiger partial charge in [-0.25, -0.2) is 4.79 Å². The molecule has 3 rings (SSSR count). The molecule has 0 fully saturated rings.